The Morgan fingerprint density at radius 2 is 1.74 bits per heavy atom. The second-order valence-electron chi connectivity index (χ2n) is 8.61. The number of carbonyl (C=O) groups is 1. The molecule has 0 aliphatic carbocycles. The number of nitrogens with zero attached hydrogens (tertiary/aromatic N) is 3. The van der Waals surface area contributed by atoms with E-state index >= 15 is 0 Å². The van der Waals surface area contributed by atoms with E-state index in [2.05, 4.69) is 15.1 Å². The van der Waals surface area contributed by atoms with Crippen molar-refractivity contribution in [1.29, 1.82) is 0 Å². The molecule has 0 saturated carbocycles. The monoisotopic (exact) mass is 417 g/mol. The Bertz CT molecular complexity index is 1130. The molecule has 31 heavy (non-hydrogen) atoms. The standard InChI is InChI=1S/C25H24FN3O2/c1-16-13-17(2)24-21(30)15-25(31-22(24)14-16)9-11-29(12-10-25)23-8-7-20(27-28-23)18-3-5-19(26)6-4-18/h3-8,13-14H,9-12,15H2,1-2H3. The Morgan fingerprint density at radius 1 is 1.00 bits per heavy atom. The van der Waals surface area contributed by atoms with Crippen molar-refractivity contribution in [2.75, 3.05) is 18.0 Å². The molecular weight excluding hydrogens is 393 g/mol. The van der Waals surface area contributed by atoms with Crippen LogP contribution >= 0.6 is 0 Å². The number of piperidine rings is 1. The molecule has 158 valence electrons. The maximum Gasteiger partial charge on any atom is 0.170 e. The number of anilines is 1. The summed E-state index contributed by atoms with van der Waals surface area (Å²) in [7, 11) is 0. The molecule has 5 rings (SSSR count). The number of Topliss-reactive ketones (excluding diaryl/α,β-unsaturated/α-hetero) is 1. The SMILES string of the molecule is Cc1cc(C)c2c(c1)OC1(CCN(c3ccc(-c4ccc(F)cc4)nn3)CC1)CC2=O. The number of rotatable bonds is 2. The van der Waals surface area contributed by atoms with Crippen LogP contribution in [-0.4, -0.2) is 34.7 Å². The van der Waals surface area contributed by atoms with Gasteiger partial charge in [0.15, 0.2) is 11.6 Å². The average molecular weight is 417 g/mol. The van der Waals surface area contributed by atoms with Crippen molar-refractivity contribution in [1.82, 2.24) is 10.2 Å². The molecular formula is C25H24FN3O2. The number of halogens is 1. The summed E-state index contributed by atoms with van der Waals surface area (Å²) in [6, 6.07) is 14.1. The number of aromatic nitrogens is 2. The molecule has 1 aromatic heterocycles. The Morgan fingerprint density at radius 3 is 2.42 bits per heavy atom. The van der Waals surface area contributed by atoms with Crippen molar-refractivity contribution in [3.05, 3.63) is 71.0 Å². The summed E-state index contributed by atoms with van der Waals surface area (Å²) in [5, 5.41) is 8.70. The fourth-order valence-corrected chi connectivity index (χ4v) is 4.71. The van der Waals surface area contributed by atoms with Crippen LogP contribution in [0, 0.1) is 19.7 Å². The Labute approximate surface area is 180 Å². The van der Waals surface area contributed by atoms with Crippen LogP contribution in [0.15, 0.2) is 48.5 Å². The van der Waals surface area contributed by atoms with E-state index in [1.54, 1.807) is 12.1 Å². The summed E-state index contributed by atoms with van der Waals surface area (Å²) < 4.78 is 19.6. The molecule has 2 aliphatic heterocycles. The topological polar surface area (TPSA) is 55.3 Å². The summed E-state index contributed by atoms with van der Waals surface area (Å²) in [5.41, 5.74) is 3.93. The molecule has 6 heteroatoms. The van der Waals surface area contributed by atoms with Crippen LogP contribution in [-0.2, 0) is 0 Å². The minimum absolute atomic E-state index is 0.177. The van der Waals surface area contributed by atoms with E-state index in [0.717, 1.165) is 59.8 Å². The smallest absolute Gasteiger partial charge is 0.170 e. The fraction of sp³-hybridized carbons (Fsp3) is 0.320. The molecule has 1 saturated heterocycles. The van der Waals surface area contributed by atoms with Crippen molar-refractivity contribution in [2.45, 2.75) is 38.7 Å². The number of hydrogen-bond acceptors (Lipinski definition) is 5. The second kappa shape index (κ2) is 7.45. The Hall–Kier alpha value is -3.28. The number of benzene rings is 2. The summed E-state index contributed by atoms with van der Waals surface area (Å²) in [4.78, 5) is 15.1. The predicted molar refractivity (Wildman–Crippen MR) is 117 cm³/mol. The molecule has 0 N–H and O–H groups in total. The number of fused-ring (bicyclic) bond motifs is 1. The first-order valence-corrected chi connectivity index (χ1v) is 10.6. The minimum atomic E-state index is -0.442. The van der Waals surface area contributed by atoms with Gasteiger partial charge in [-0.15, -0.1) is 10.2 Å². The van der Waals surface area contributed by atoms with Crippen molar-refractivity contribution in [2.24, 2.45) is 0 Å². The lowest BCUT2D eigenvalue weighted by molar-refractivity contribution is 0.0229. The number of hydrogen-bond donors (Lipinski definition) is 0. The number of ketones is 1. The van der Waals surface area contributed by atoms with Gasteiger partial charge in [0.1, 0.15) is 17.2 Å². The number of carbonyl (C=O) groups excluding carboxylic acids is 1. The van der Waals surface area contributed by atoms with Gasteiger partial charge in [-0.05, 0) is 67.4 Å². The predicted octanol–water partition coefficient (Wildman–Crippen LogP) is 4.90. The average Bonchev–Trinajstić information content (AvgIpc) is 2.74. The normalized spacial score (nSPS) is 17.4. The summed E-state index contributed by atoms with van der Waals surface area (Å²) in [5.74, 6) is 1.43. The van der Waals surface area contributed by atoms with Crippen molar-refractivity contribution in [3.8, 4) is 17.0 Å². The molecule has 0 bridgehead atoms. The van der Waals surface area contributed by atoms with Gasteiger partial charge in [-0.1, -0.05) is 6.07 Å². The lowest BCUT2D eigenvalue weighted by Crippen LogP contribution is -2.51. The zero-order valence-corrected chi connectivity index (χ0v) is 17.7. The summed E-state index contributed by atoms with van der Waals surface area (Å²) >= 11 is 0. The van der Waals surface area contributed by atoms with Gasteiger partial charge in [-0.2, -0.15) is 0 Å². The van der Waals surface area contributed by atoms with Crippen LogP contribution in [0.2, 0.25) is 0 Å². The van der Waals surface area contributed by atoms with Gasteiger partial charge in [0.2, 0.25) is 0 Å². The van der Waals surface area contributed by atoms with Crippen LogP contribution in [0.1, 0.15) is 40.7 Å². The first kappa shape index (κ1) is 19.7. The molecule has 1 fully saturated rings. The van der Waals surface area contributed by atoms with E-state index in [0.29, 0.717) is 12.1 Å². The van der Waals surface area contributed by atoms with Crippen LogP contribution in [0.3, 0.4) is 0 Å². The van der Waals surface area contributed by atoms with E-state index < -0.39 is 5.60 Å². The molecule has 3 aromatic rings. The van der Waals surface area contributed by atoms with Gasteiger partial charge >= 0.3 is 0 Å². The first-order valence-electron chi connectivity index (χ1n) is 10.6. The maximum absolute atomic E-state index is 13.1. The van der Waals surface area contributed by atoms with E-state index in [1.165, 1.54) is 12.1 Å². The molecule has 0 radical (unpaired) electrons. The van der Waals surface area contributed by atoms with Gasteiger partial charge in [0.05, 0.1) is 17.7 Å². The van der Waals surface area contributed by atoms with E-state index in [-0.39, 0.29) is 11.6 Å². The molecule has 0 amide bonds. The highest BCUT2D eigenvalue weighted by Crippen LogP contribution is 2.41. The molecule has 1 spiro atoms. The van der Waals surface area contributed by atoms with E-state index in [1.807, 2.05) is 38.1 Å². The molecule has 2 aromatic carbocycles. The molecule has 3 heterocycles. The minimum Gasteiger partial charge on any atom is -0.486 e. The van der Waals surface area contributed by atoms with E-state index in [4.69, 9.17) is 4.74 Å². The van der Waals surface area contributed by atoms with Gasteiger partial charge in [0, 0.05) is 31.5 Å². The molecule has 0 unspecified atom stereocenters. The highest BCUT2D eigenvalue weighted by atomic mass is 19.1. The van der Waals surface area contributed by atoms with Crippen molar-refractivity contribution in [3.63, 3.8) is 0 Å². The largest absolute Gasteiger partial charge is 0.486 e. The van der Waals surface area contributed by atoms with Crippen LogP contribution < -0.4 is 9.64 Å². The van der Waals surface area contributed by atoms with Gasteiger partial charge in [0.25, 0.3) is 0 Å². The second-order valence-corrected chi connectivity index (χ2v) is 8.61. The van der Waals surface area contributed by atoms with Gasteiger partial charge in [-0.3, -0.25) is 4.79 Å². The third-order valence-electron chi connectivity index (χ3n) is 6.32. The summed E-state index contributed by atoms with van der Waals surface area (Å²) in [6.07, 6.45) is 1.94. The fourth-order valence-electron chi connectivity index (χ4n) is 4.71. The van der Waals surface area contributed by atoms with E-state index in [9.17, 15) is 9.18 Å². The zero-order valence-electron chi connectivity index (χ0n) is 17.7. The highest BCUT2D eigenvalue weighted by molar-refractivity contribution is 6.01. The van der Waals surface area contributed by atoms with Gasteiger partial charge < -0.3 is 9.64 Å². The van der Waals surface area contributed by atoms with Gasteiger partial charge in [-0.25, -0.2) is 4.39 Å². The summed E-state index contributed by atoms with van der Waals surface area (Å²) in [6.45, 7) is 5.50. The van der Waals surface area contributed by atoms with Crippen LogP contribution in [0.4, 0.5) is 10.2 Å². The first-order chi connectivity index (χ1) is 14.9. The zero-order chi connectivity index (χ0) is 21.6. The molecule has 5 nitrogen and oxygen atoms in total. The van der Waals surface area contributed by atoms with Crippen LogP contribution in [0.25, 0.3) is 11.3 Å². The maximum atomic E-state index is 13.1. The lowest BCUT2D eigenvalue weighted by atomic mass is 9.81. The lowest BCUT2D eigenvalue weighted by Gasteiger charge is -2.44. The third kappa shape index (κ3) is 3.67. The van der Waals surface area contributed by atoms with Crippen molar-refractivity contribution >= 4 is 11.6 Å². The Kier molecular flexibility index (Phi) is 4.73. The van der Waals surface area contributed by atoms with Crippen molar-refractivity contribution < 1.29 is 13.9 Å². The van der Waals surface area contributed by atoms with Crippen LogP contribution in [0.5, 0.6) is 5.75 Å². The third-order valence-corrected chi connectivity index (χ3v) is 6.32. The number of aryl methyl sites for hydroxylation is 2. The Balaban J connectivity index is 1.30. The quantitative estimate of drug-likeness (QED) is 0.593. The molecule has 0 atom stereocenters. The molecule has 2 aliphatic rings. The highest BCUT2D eigenvalue weighted by Gasteiger charge is 2.43. The number of ether oxygens (including phenoxy) is 1.